The fourth-order valence-electron chi connectivity index (χ4n) is 1.62. The zero-order valence-electron chi connectivity index (χ0n) is 10.6. The lowest BCUT2D eigenvalue weighted by Gasteiger charge is -2.23. The Labute approximate surface area is 106 Å². The molecule has 0 saturated heterocycles. The summed E-state index contributed by atoms with van der Waals surface area (Å²) in [5, 5.41) is 8.59. The Balaban J connectivity index is 2.84. The maximum Gasteiger partial charge on any atom is 0.254 e. The summed E-state index contributed by atoms with van der Waals surface area (Å²) in [7, 11) is 0. The van der Waals surface area contributed by atoms with Gasteiger partial charge in [-0.25, -0.2) is 4.98 Å². The van der Waals surface area contributed by atoms with Gasteiger partial charge in [0.1, 0.15) is 0 Å². The molecule has 1 aromatic heterocycles. The molecule has 1 rings (SSSR count). The van der Waals surface area contributed by atoms with Crippen LogP contribution in [0, 0.1) is 23.2 Å². The zero-order chi connectivity index (χ0) is 13.5. The third-order valence-electron chi connectivity index (χ3n) is 2.34. The second-order valence-electron chi connectivity index (χ2n) is 4.42. The summed E-state index contributed by atoms with van der Waals surface area (Å²) in [5.41, 5.74) is 0.265. The van der Waals surface area contributed by atoms with Crippen molar-refractivity contribution in [3.63, 3.8) is 0 Å². The van der Waals surface area contributed by atoms with Crippen molar-refractivity contribution in [3.8, 4) is 6.07 Å². The van der Waals surface area contributed by atoms with E-state index in [4.69, 9.17) is 5.26 Å². The van der Waals surface area contributed by atoms with Crippen LogP contribution < -0.4 is 0 Å². The van der Waals surface area contributed by atoms with Crippen molar-refractivity contribution < 1.29 is 9.18 Å². The summed E-state index contributed by atoms with van der Waals surface area (Å²) in [6.07, 6.45) is 1.53. The summed E-state index contributed by atoms with van der Waals surface area (Å²) in [4.78, 5) is 17.1. The standard InChI is InChI=1S/C13H16FN3O/c1-10(2)9-17(7-3-5-15)13(18)11-4-6-16-12(14)8-11/h4,6,8,10H,3,7,9H2,1-2H3. The first-order valence-corrected chi connectivity index (χ1v) is 5.82. The van der Waals surface area contributed by atoms with Crippen molar-refractivity contribution in [2.24, 2.45) is 5.92 Å². The molecular formula is C13H16FN3O. The van der Waals surface area contributed by atoms with Gasteiger partial charge < -0.3 is 4.90 Å². The first-order valence-electron chi connectivity index (χ1n) is 5.82. The predicted molar refractivity (Wildman–Crippen MR) is 65.2 cm³/mol. The number of pyridine rings is 1. The fraction of sp³-hybridized carbons (Fsp3) is 0.462. The molecule has 0 atom stereocenters. The fourth-order valence-corrected chi connectivity index (χ4v) is 1.62. The Morgan fingerprint density at radius 3 is 2.89 bits per heavy atom. The van der Waals surface area contributed by atoms with Crippen molar-refractivity contribution in [1.82, 2.24) is 9.88 Å². The normalized spacial score (nSPS) is 10.2. The zero-order valence-corrected chi connectivity index (χ0v) is 10.6. The molecule has 1 heterocycles. The van der Waals surface area contributed by atoms with Gasteiger partial charge in [0, 0.05) is 30.9 Å². The Morgan fingerprint density at radius 2 is 2.33 bits per heavy atom. The number of hydrogen-bond donors (Lipinski definition) is 0. The summed E-state index contributed by atoms with van der Waals surface area (Å²) in [6, 6.07) is 4.60. The highest BCUT2D eigenvalue weighted by atomic mass is 19.1. The quantitative estimate of drug-likeness (QED) is 0.752. The number of nitrogens with zero attached hydrogens (tertiary/aromatic N) is 3. The number of carbonyl (C=O) groups is 1. The van der Waals surface area contributed by atoms with E-state index in [2.05, 4.69) is 4.98 Å². The summed E-state index contributed by atoms with van der Waals surface area (Å²) < 4.78 is 13.0. The van der Waals surface area contributed by atoms with Crippen LogP contribution in [0.4, 0.5) is 4.39 Å². The number of nitriles is 1. The second-order valence-corrected chi connectivity index (χ2v) is 4.42. The molecule has 0 saturated carbocycles. The van der Waals surface area contributed by atoms with Gasteiger partial charge in [0.05, 0.1) is 12.5 Å². The average molecular weight is 249 g/mol. The number of carbonyl (C=O) groups excluding carboxylic acids is 1. The molecule has 1 amide bonds. The van der Waals surface area contributed by atoms with E-state index in [9.17, 15) is 9.18 Å². The van der Waals surface area contributed by atoms with Crippen molar-refractivity contribution >= 4 is 5.91 Å². The molecule has 0 aliphatic heterocycles. The SMILES string of the molecule is CC(C)CN(CCC#N)C(=O)c1ccnc(F)c1. The van der Waals surface area contributed by atoms with Crippen LogP contribution in [0.25, 0.3) is 0 Å². The van der Waals surface area contributed by atoms with Gasteiger partial charge in [-0.2, -0.15) is 9.65 Å². The van der Waals surface area contributed by atoms with Gasteiger partial charge in [0.25, 0.3) is 5.91 Å². The second kappa shape index (κ2) is 6.70. The lowest BCUT2D eigenvalue weighted by atomic mass is 10.1. The molecule has 96 valence electrons. The molecule has 0 radical (unpaired) electrons. The Bertz CT molecular complexity index is 454. The molecule has 0 aliphatic rings. The van der Waals surface area contributed by atoms with Crippen LogP contribution >= 0.6 is 0 Å². The largest absolute Gasteiger partial charge is 0.337 e. The topological polar surface area (TPSA) is 57.0 Å². The Kier molecular flexibility index (Phi) is 5.25. The number of aromatic nitrogens is 1. The van der Waals surface area contributed by atoms with E-state index < -0.39 is 5.95 Å². The molecule has 0 aromatic carbocycles. The van der Waals surface area contributed by atoms with E-state index in [0.29, 0.717) is 19.0 Å². The van der Waals surface area contributed by atoms with Gasteiger partial charge >= 0.3 is 0 Å². The average Bonchev–Trinajstić information content (AvgIpc) is 2.33. The molecule has 5 heteroatoms. The first-order chi connectivity index (χ1) is 8.54. The number of hydrogen-bond acceptors (Lipinski definition) is 3. The maximum atomic E-state index is 13.0. The molecule has 0 fully saturated rings. The van der Waals surface area contributed by atoms with E-state index in [-0.39, 0.29) is 17.9 Å². The van der Waals surface area contributed by atoms with Crippen molar-refractivity contribution in [1.29, 1.82) is 5.26 Å². The molecule has 1 aromatic rings. The van der Waals surface area contributed by atoms with Gasteiger partial charge in [-0.1, -0.05) is 13.8 Å². The molecule has 0 aliphatic carbocycles. The van der Waals surface area contributed by atoms with Crippen LogP contribution in [-0.4, -0.2) is 28.9 Å². The van der Waals surface area contributed by atoms with Gasteiger partial charge in [-0.05, 0) is 12.0 Å². The van der Waals surface area contributed by atoms with Crippen molar-refractivity contribution in [2.45, 2.75) is 20.3 Å². The minimum absolute atomic E-state index is 0.264. The number of rotatable bonds is 5. The number of halogens is 1. The molecule has 0 bridgehead atoms. The molecule has 0 unspecified atom stereocenters. The van der Waals surface area contributed by atoms with Crippen LogP contribution in [-0.2, 0) is 0 Å². The number of amides is 1. The third-order valence-corrected chi connectivity index (χ3v) is 2.34. The summed E-state index contributed by atoms with van der Waals surface area (Å²) in [5.74, 6) is -0.648. The van der Waals surface area contributed by atoms with E-state index in [0.717, 1.165) is 6.07 Å². The minimum atomic E-state index is -0.675. The third kappa shape index (κ3) is 4.13. The van der Waals surface area contributed by atoms with Gasteiger partial charge in [-0.3, -0.25) is 4.79 Å². The van der Waals surface area contributed by atoms with Gasteiger partial charge in [0.15, 0.2) is 0 Å². The molecule has 18 heavy (non-hydrogen) atoms. The smallest absolute Gasteiger partial charge is 0.254 e. The Hall–Kier alpha value is -1.96. The molecular weight excluding hydrogens is 233 g/mol. The summed E-state index contributed by atoms with van der Waals surface area (Å²) in [6.45, 7) is 4.88. The van der Waals surface area contributed by atoms with Crippen molar-refractivity contribution in [3.05, 3.63) is 29.8 Å². The van der Waals surface area contributed by atoms with Crippen molar-refractivity contribution in [2.75, 3.05) is 13.1 Å². The van der Waals surface area contributed by atoms with E-state index in [1.807, 2.05) is 19.9 Å². The first kappa shape index (κ1) is 14.1. The van der Waals surface area contributed by atoms with Crippen LogP contribution in [0.2, 0.25) is 0 Å². The molecule has 4 nitrogen and oxygen atoms in total. The highest BCUT2D eigenvalue weighted by molar-refractivity contribution is 5.94. The van der Waals surface area contributed by atoms with Crippen LogP contribution in [0.15, 0.2) is 18.3 Å². The van der Waals surface area contributed by atoms with E-state index >= 15 is 0 Å². The van der Waals surface area contributed by atoms with E-state index in [1.54, 1.807) is 4.90 Å². The monoisotopic (exact) mass is 249 g/mol. The minimum Gasteiger partial charge on any atom is -0.337 e. The lowest BCUT2D eigenvalue weighted by molar-refractivity contribution is 0.0739. The van der Waals surface area contributed by atoms with E-state index in [1.165, 1.54) is 12.3 Å². The molecule has 0 spiro atoms. The highest BCUT2D eigenvalue weighted by Crippen LogP contribution is 2.08. The lowest BCUT2D eigenvalue weighted by Crippen LogP contribution is -2.35. The predicted octanol–water partition coefficient (Wildman–Crippen LogP) is 2.23. The Morgan fingerprint density at radius 1 is 1.61 bits per heavy atom. The summed E-state index contributed by atoms with van der Waals surface area (Å²) >= 11 is 0. The molecule has 0 N–H and O–H groups in total. The van der Waals surface area contributed by atoms with Gasteiger partial charge in [0.2, 0.25) is 5.95 Å². The maximum absolute atomic E-state index is 13.0. The highest BCUT2D eigenvalue weighted by Gasteiger charge is 2.17. The van der Waals surface area contributed by atoms with Crippen LogP contribution in [0.3, 0.4) is 0 Å². The van der Waals surface area contributed by atoms with Gasteiger partial charge in [-0.15, -0.1) is 0 Å². The van der Waals surface area contributed by atoms with Crippen LogP contribution in [0.1, 0.15) is 30.6 Å². The van der Waals surface area contributed by atoms with Crippen LogP contribution in [0.5, 0.6) is 0 Å².